The van der Waals surface area contributed by atoms with E-state index in [1.165, 1.54) is 0 Å². The van der Waals surface area contributed by atoms with Gasteiger partial charge >= 0.3 is 11.8 Å². The first-order chi connectivity index (χ1) is 10.8. The lowest BCUT2D eigenvalue weighted by atomic mass is 9.75. The maximum absolute atomic E-state index is 14.0. The Balaban J connectivity index is 1.75. The molecule has 0 aliphatic heterocycles. The monoisotopic (exact) mass is 321 g/mol. The molecule has 1 aromatic carbocycles. The highest BCUT2D eigenvalue weighted by Gasteiger charge is 2.61. The van der Waals surface area contributed by atoms with Gasteiger partial charge in [-0.05, 0) is 43.9 Å². The number of anilines is 1. The van der Waals surface area contributed by atoms with Gasteiger partial charge in [-0.3, -0.25) is 15.6 Å². The third kappa shape index (κ3) is 2.61. The lowest BCUT2D eigenvalue weighted by Gasteiger charge is -2.41. The Hall–Kier alpha value is -2.28. The van der Waals surface area contributed by atoms with Gasteiger partial charge in [-0.25, -0.2) is 4.98 Å². The number of alkyl halides is 2. The topological polar surface area (TPSA) is 74.2 Å². The number of halogens is 2. The molecule has 3 N–H and O–H groups in total. The smallest absolute Gasteiger partial charge is 0.354 e. The molecule has 7 heteroatoms. The lowest BCUT2D eigenvalue weighted by molar-refractivity contribution is -0.215. The van der Waals surface area contributed by atoms with E-state index in [9.17, 15) is 18.7 Å². The van der Waals surface area contributed by atoms with Gasteiger partial charge in [0.2, 0.25) is 0 Å². The molecule has 0 atom stereocenters. The first kappa shape index (κ1) is 15.6. The number of nitrogens with one attached hydrogen (secondary N) is 2. The van der Waals surface area contributed by atoms with Crippen LogP contribution in [-0.2, 0) is 4.79 Å². The van der Waals surface area contributed by atoms with Crippen LogP contribution in [0.15, 0.2) is 30.3 Å². The molecule has 1 heterocycles. The van der Waals surface area contributed by atoms with Crippen molar-refractivity contribution >= 4 is 22.6 Å². The van der Waals surface area contributed by atoms with Crippen LogP contribution >= 0.6 is 0 Å². The van der Waals surface area contributed by atoms with Crippen LogP contribution in [0, 0.1) is 6.92 Å². The van der Waals surface area contributed by atoms with Crippen LogP contribution in [0.5, 0.6) is 0 Å². The van der Waals surface area contributed by atoms with Gasteiger partial charge in [0, 0.05) is 5.39 Å². The molecule has 0 spiro atoms. The average molecular weight is 321 g/mol. The van der Waals surface area contributed by atoms with Gasteiger partial charge in [-0.15, -0.1) is 0 Å². The zero-order chi connectivity index (χ0) is 16.7. The van der Waals surface area contributed by atoms with E-state index >= 15 is 0 Å². The zero-order valence-electron chi connectivity index (χ0n) is 12.6. The van der Waals surface area contributed by atoms with E-state index in [1.807, 2.05) is 29.7 Å². The fraction of sp³-hybridized carbons (Fsp3) is 0.375. The van der Waals surface area contributed by atoms with Gasteiger partial charge in [0.15, 0.2) is 0 Å². The minimum Gasteiger partial charge on any atom is -0.383 e. The van der Waals surface area contributed by atoms with E-state index < -0.39 is 17.4 Å². The predicted molar refractivity (Wildman–Crippen MR) is 82.0 cm³/mol. The van der Waals surface area contributed by atoms with Gasteiger partial charge in [0.25, 0.3) is 0 Å². The van der Waals surface area contributed by atoms with Crippen molar-refractivity contribution in [2.45, 2.75) is 37.7 Å². The Bertz CT molecular complexity index is 760. The molecule has 1 aromatic heterocycles. The average Bonchev–Trinajstić information content (AvgIpc) is 2.49. The van der Waals surface area contributed by atoms with Gasteiger partial charge < -0.3 is 5.11 Å². The number of hydrogen-bond acceptors (Lipinski definition) is 4. The van der Waals surface area contributed by atoms with E-state index in [4.69, 9.17) is 0 Å². The Kier molecular flexibility index (Phi) is 3.68. The largest absolute Gasteiger partial charge is 0.383 e. The summed E-state index contributed by atoms with van der Waals surface area (Å²) >= 11 is 0. The molecule has 3 rings (SSSR count). The summed E-state index contributed by atoms with van der Waals surface area (Å²) in [6.07, 6.45) is 0.319. The molecule has 23 heavy (non-hydrogen) atoms. The third-order valence-electron chi connectivity index (χ3n) is 4.26. The van der Waals surface area contributed by atoms with E-state index in [1.54, 1.807) is 13.0 Å². The lowest BCUT2D eigenvalue weighted by Crippen LogP contribution is -2.61. The molecule has 1 saturated carbocycles. The number of carbonyl (C=O) groups is 1. The number of carbonyl (C=O) groups excluding carboxylic acids is 1. The zero-order valence-corrected chi connectivity index (χ0v) is 12.6. The van der Waals surface area contributed by atoms with Crippen LogP contribution in [-0.4, -0.2) is 27.5 Å². The molecule has 1 amide bonds. The van der Waals surface area contributed by atoms with Crippen LogP contribution in [0.3, 0.4) is 0 Å². The van der Waals surface area contributed by atoms with Crippen molar-refractivity contribution in [1.82, 2.24) is 10.4 Å². The number of hydrazine groups is 1. The van der Waals surface area contributed by atoms with Crippen molar-refractivity contribution in [3.63, 3.8) is 0 Å². The standard InChI is InChI=1S/C16H17F2N3O2/c1-10-9-11-5-2-3-6-12(11)19-13(10)20-21-14(22)16(17,18)15(23)7-4-8-15/h2-3,5-6,9,23H,4,7-8H2,1H3,(H,19,20)(H,21,22). The first-order valence-corrected chi connectivity index (χ1v) is 7.36. The Morgan fingerprint density at radius 2 is 2.04 bits per heavy atom. The number of pyridine rings is 1. The second kappa shape index (κ2) is 5.42. The minimum absolute atomic E-state index is 0.0827. The number of aliphatic hydroxyl groups is 1. The molecule has 1 fully saturated rings. The summed E-state index contributed by atoms with van der Waals surface area (Å²) < 4.78 is 28.0. The fourth-order valence-electron chi connectivity index (χ4n) is 2.58. The molecule has 2 aromatic rings. The SMILES string of the molecule is Cc1cc2ccccc2nc1NNC(=O)C(F)(F)C1(O)CCC1. The number of amides is 1. The number of benzene rings is 1. The molecule has 0 radical (unpaired) electrons. The summed E-state index contributed by atoms with van der Waals surface area (Å²) in [5.41, 5.74) is 3.52. The maximum atomic E-state index is 14.0. The Labute approximate surface area is 131 Å². The normalized spacial score (nSPS) is 16.7. The molecule has 0 unspecified atom stereocenters. The highest BCUT2D eigenvalue weighted by molar-refractivity contribution is 5.87. The number of rotatable bonds is 4. The first-order valence-electron chi connectivity index (χ1n) is 7.36. The van der Waals surface area contributed by atoms with Crippen molar-refractivity contribution in [3.05, 3.63) is 35.9 Å². The molecular weight excluding hydrogens is 304 g/mol. The summed E-state index contributed by atoms with van der Waals surface area (Å²) in [6, 6.07) is 9.20. The van der Waals surface area contributed by atoms with Crippen molar-refractivity contribution in [2.24, 2.45) is 0 Å². The summed E-state index contributed by atoms with van der Waals surface area (Å²) in [6.45, 7) is 1.76. The maximum Gasteiger partial charge on any atom is 0.354 e. The third-order valence-corrected chi connectivity index (χ3v) is 4.26. The fourth-order valence-corrected chi connectivity index (χ4v) is 2.58. The molecule has 5 nitrogen and oxygen atoms in total. The van der Waals surface area contributed by atoms with Crippen LogP contribution < -0.4 is 10.9 Å². The molecule has 0 saturated heterocycles. The summed E-state index contributed by atoms with van der Waals surface area (Å²) in [7, 11) is 0. The summed E-state index contributed by atoms with van der Waals surface area (Å²) in [5.74, 6) is -5.12. The number of nitrogens with zero attached hydrogens (tertiary/aromatic N) is 1. The van der Waals surface area contributed by atoms with E-state index in [0.717, 1.165) is 5.39 Å². The second-order valence-corrected chi connectivity index (χ2v) is 5.89. The quantitative estimate of drug-likeness (QED) is 0.757. The molecule has 1 aliphatic carbocycles. The van der Waals surface area contributed by atoms with Gasteiger partial charge in [-0.1, -0.05) is 18.2 Å². The Morgan fingerprint density at radius 1 is 1.35 bits per heavy atom. The molecule has 1 aliphatic rings. The van der Waals surface area contributed by atoms with Gasteiger partial charge in [-0.2, -0.15) is 8.78 Å². The highest BCUT2D eigenvalue weighted by atomic mass is 19.3. The Morgan fingerprint density at radius 3 is 2.70 bits per heavy atom. The number of para-hydroxylation sites is 1. The number of fused-ring (bicyclic) bond motifs is 1. The number of aryl methyl sites for hydroxylation is 1. The van der Waals surface area contributed by atoms with Crippen LogP contribution in [0.1, 0.15) is 24.8 Å². The number of hydrogen-bond donors (Lipinski definition) is 3. The minimum atomic E-state index is -3.84. The van der Waals surface area contributed by atoms with Crippen LogP contribution in [0.4, 0.5) is 14.6 Å². The van der Waals surface area contributed by atoms with E-state index in [-0.39, 0.29) is 18.7 Å². The molecule has 0 bridgehead atoms. The van der Waals surface area contributed by atoms with Gasteiger partial charge in [0.1, 0.15) is 11.4 Å². The predicted octanol–water partition coefficient (Wildman–Crippen LogP) is 2.54. The van der Waals surface area contributed by atoms with Crippen molar-refractivity contribution < 1.29 is 18.7 Å². The van der Waals surface area contributed by atoms with Crippen molar-refractivity contribution in [1.29, 1.82) is 0 Å². The molecule has 122 valence electrons. The van der Waals surface area contributed by atoms with Crippen LogP contribution in [0.2, 0.25) is 0 Å². The summed E-state index contributed by atoms with van der Waals surface area (Å²) in [4.78, 5) is 16.0. The molecular formula is C16H17F2N3O2. The van der Waals surface area contributed by atoms with E-state index in [0.29, 0.717) is 17.5 Å². The number of aromatic nitrogens is 1. The van der Waals surface area contributed by atoms with E-state index in [2.05, 4.69) is 10.4 Å². The van der Waals surface area contributed by atoms with Crippen LogP contribution in [0.25, 0.3) is 10.9 Å². The van der Waals surface area contributed by atoms with Crippen molar-refractivity contribution in [2.75, 3.05) is 5.43 Å². The second-order valence-electron chi connectivity index (χ2n) is 5.89. The van der Waals surface area contributed by atoms with Gasteiger partial charge in [0.05, 0.1) is 5.52 Å². The summed E-state index contributed by atoms with van der Waals surface area (Å²) in [5, 5.41) is 10.7. The van der Waals surface area contributed by atoms with Crippen molar-refractivity contribution in [3.8, 4) is 0 Å². The highest BCUT2D eigenvalue weighted by Crippen LogP contribution is 2.44.